The van der Waals surface area contributed by atoms with Crippen molar-refractivity contribution in [1.29, 1.82) is 5.41 Å². The Balaban J connectivity index is 0.000000316. The van der Waals surface area contributed by atoms with Gasteiger partial charge in [-0.25, -0.2) is 9.48 Å². The average Bonchev–Trinajstić information content (AvgIpc) is 3.16. The number of halogens is 7. The Labute approximate surface area is 246 Å². The number of rotatable bonds is 7. The summed E-state index contributed by atoms with van der Waals surface area (Å²) < 4.78 is 85.0. The van der Waals surface area contributed by atoms with Crippen molar-refractivity contribution in [2.45, 2.75) is 70.8 Å². The van der Waals surface area contributed by atoms with E-state index in [0.717, 1.165) is 37.8 Å². The summed E-state index contributed by atoms with van der Waals surface area (Å²) in [5.41, 5.74) is -1.43. The number of ether oxygens (including phenoxy) is 1. The van der Waals surface area contributed by atoms with Crippen LogP contribution in [0, 0.1) is 11.3 Å². The molecule has 0 saturated heterocycles. The van der Waals surface area contributed by atoms with E-state index in [1.165, 1.54) is 41.4 Å². The molecule has 0 spiro atoms. The van der Waals surface area contributed by atoms with Gasteiger partial charge in [0.1, 0.15) is 5.82 Å². The van der Waals surface area contributed by atoms with Gasteiger partial charge in [0, 0.05) is 26.4 Å². The first kappa shape index (κ1) is 34.9. The number of aryl methyl sites for hydroxylation is 1. The molecule has 1 aliphatic rings. The molecule has 2 aromatic carbocycles. The molecule has 0 aliphatic heterocycles. The molecule has 6 nitrogen and oxygen atoms in total. The Morgan fingerprint density at radius 1 is 0.929 bits per heavy atom. The van der Waals surface area contributed by atoms with E-state index in [4.69, 9.17) is 10.1 Å². The van der Waals surface area contributed by atoms with Crippen molar-refractivity contribution in [3.8, 4) is 0 Å². The van der Waals surface area contributed by atoms with E-state index in [9.17, 15) is 31.1 Å². The van der Waals surface area contributed by atoms with E-state index >= 15 is 0 Å². The normalized spacial score (nSPS) is 14.0. The highest BCUT2D eigenvalue weighted by Crippen LogP contribution is 2.33. The summed E-state index contributed by atoms with van der Waals surface area (Å²) in [6.07, 6.45) is -3.33. The van der Waals surface area contributed by atoms with Crippen LogP contribution in [0.1, 0.15) is 67.1 Å². The Kier molecular flexibility index (Phi) is 12.7. The lowest BCUT2D eigenvalue weighted by Crippen LogP contribution is -2.27. The van der Waals surface area contributed by atoms with Gasteiger partial charge in [-0.2, -0.15) is 31.4 Å². The molecule has 1 N–H and O–H groups in total. The van der Waals surface area contributed by atoms with Crippen LogP contribution in [0.25, 0.3) is 0 Å². The number of nitrogens with one attached hydrogen (secondary N) is 1. The van der Waals surface area contributed by atoms with E-state index in [-0.39, 0.29) is 54.6 Å². The predicted molar refractivity (Wildman–Crippen MR) is 150 cm³/mol. The van der Waals surface area contributed by atoms with E-state index < -0.39 is 23.5 Å². The fourth-order valence-corrected chi connectivity index (χ4v) is 4.97. The first-order valence-electron chi connectivity index (χ1n) is 13.4. The Bertz CT molecular complexity index is 1360. The smallest absolute Gasteiger partial charge is 0.416 e. The maximum atomic E-state index is 13.2. The standard InChI is InChI=1S/C18H22F3N3O.C11H12F3NO.ClH/c1-23-17(25)24(12-13-7-3-2-4-8-13)16(22-23)11-14-9-5-6-10-15(14)18(19,20)21;1-2-16-10(15)7-8-5-3-4-6-9(8)11(12,13)14;/h5-6,9-10,13H,2-4,7-8,11-12H2,1H3;3-6,15H,2,7H2,1H3;1H. The van der Waals surface area contributed by atoms with Crippen LogP contribution >= 0.6 is 12.4 Å². The third-order valence-electron chi connectivity index (χ3n) is 6.91. The molecule has 42 heavy (non-hydrogen) atoms. The molecule has 1 fully saturated rings. The first-order valence-corrected chi connectivity index (χ1v) is 13.4. The van der Waals surface area contributed by atoms with Crippen LogP contribution in [0.2, 0.25) is 0 Å². The van der Waals surface area contributed by atoms with Gasteiger partial charge >= 0.3 is 18.0 Å². The summed E-state index contributed by atoms with van der Waals surface area (Å²) in [6.45, 7) is 2.51. The van der Waals surface area contributed by atoms with E-state index in [1.807, 2.05) is 0 Å². The summed E-state index contributed by atoms with van der Waals surface area (Å²) in [4.78, 5) is 12.4. The third kappa shape index (κ3) is 9.64. The van der Waals surface area contributed by atoms with Crippen LogP contribution in [-0.2, 0) is 43.5 Å². The molecule has 4 rings (SSSR count). The molecule has 0 atom stereocenters. The highest BCUT2D eigenvalue weighted by atomic mass is 35.5. The molecule has 3 aromatic rings. The van der Waals surface area contributed by atoms with Gasteiger partial charge in [-0.1, -0.05) is 55.7 Å². The van der Waals surface area contributed by atoms with Crippen LogP contribution in [0.5, 0.6) is 0 Å². The Morgan fingerprint density at radius 3 is 2.00 bits per heavy atom. The molecule has 0 unspecified atom stereocenters. The minimum Gasteiger partial charge on any atom is -0.481 e. The quantitative estimate of drug-likeness (QED) is 0.169. The van der Waals surface area contributed by atoms with Gasteiger partial charge in [0.25, 0.3) is 0 Å². The summed E-state index contributed by atoms with van der Waals surface area (Å²) in [6, 6.07) is 10.7. The van der Waals surface area contributed by atoms with Crippen molar-refractivity contribution in [2.75, 3.05) is 6.61 Å². The molecule has 0 amide bonds. The van der Waals surface area contributed by atoms with Crippen LogP contribution < -0.4 is 5.69 Å². The molecular formula is C29H35ClF6N4O2. The number of aromatic nitrogens is 3. The minimum atomic E-state index is -4.42. The predicted octanol–water partition coefficient (Wildman–Crippen LogP) is 7.46. The van der Waals surface area contributed by atoms with Gasteiger partial charge in [-0.05, 0) is 48.9 Å². The van der Waals surface area contributed by atoms with Gasteiger partial charge < -0.3 is 4.74 Å². The van der Waals surface area contributed by atoms with Gasteiger partial charge in [-0.15, -0.1) is 12.4 Å². The molecule has 1 aromatic heterocycles. The minimum absolute atomic E-state index is 0. The second-order valence-corrected chi connectivity index (χ2v) is 9.96. The zero-order valence-electron chi connectivity index (χ0n) is 23.4. The summed E-state index contributed by atoms with van der Waals surface area (Å²) in [7, 11) is 1.54. The summed E-state index contributed by atoms with van der Waals surface area (Å²) in [5, 5.41) is 11.5. The highest BCUT2D eigenvalue weighted by molar-refractivity contribution is 5.85. The molecular weight excluding hydrogens is 586 g/mol. The number of nitrogens with zero attached hydrogens (tertiary/aromatic N) is 3. The molecule has 13 heteroatoms. The Hall–Kier alpha value is -3.28. The van der Waals surface area contributed by atoms with Gasteiger partial charge in [0.2, 0.25) is 0 Å². The molecule has 1 heterocycles. The lowest BCUT2D eigenvalue weighted by atomic mass is 9.89. The van der Waals surface area contributed by atoms with Gasteiger partial charge in [0.15, 0.2) is 5.90 Å². The molecule has 232 valence electrons. The Morgan fingerprint density at radius 2 is 1.45 bits per heavy atom. The fourth-order valence-electron chi connectivity index (χ4n) is 4.97. The first-order chi connectivity index (χ1) is 19.3. The van der Waals surface area contributed by atoms with Crippen molar-refractivity contribution < 1.29 is 31.1 Å². The second kappa shape index (κ2) is 15.3. The molecule has 0 radical (unpaired) electrons. The number of alkyl halides is 6. The van der Waals surface area contributed by atoms with Crippen molar-refractivity contribution in [2.24, 2.45) is 13.0 Å². The topological polar surface area (TPSA) is 72.9 Å². The van der Waals surface area contributed by atoms with Crippen molar-refractivity contribution >= 4 is 18.3 Å². The molecule has 1 saturated carbocycles. The average molecular weight is 621 g/mol. The van der Waals surface area contributed by atoms with Crippen LogP contribution in [0.3, 0.4) is 0 Å². The number of hydrogen-bond acceptors (Lipinski definition) is 4. The van der Waals surface area contributed by atoms with Crippen molar-refractivity contribution in [3.05, 3.63) is 87.1 Å². The van der Waals surface area contributed by atoms with Crippen LogP contribution in [0.15, 0.2) is 53.3 Å². The third-order valence-corrected chi connectivity index (χ3v) is 6.91. The van der Waals surface area contributed by atoms with Gasteiger partial charge in [0.05, 0.1) is 17.7 Å². The van der Waals surface area contributed by atoms with Crippen molar-refractivity contribution in [1.82, 2.24) is 14.3 Å². The lowest BCUT2D eigenvalue weighted by molar-refractivity contribution is -0.139. The van der Waals surface area contributed by atoms with Crippen LogP contribution in [-0.4, -0.2) is 26.9 Å². The number of hydrogen-bond donors (Lipinski definition) is 1. The fraction of sp³-hybridized carbons (Fsp3) is 0.483. The number of benzene rings is 2. The van der Waals surface area contributed by atoms with E-state index in [1.54, 1.807) is 24.6 Å². The monoisotopic (exact) mass is 620 g/mol. The lowest BCUT2D eigenvalue weighted by Gasteiger charge is -2.22. The SMILES string of the molecule is CCOC(=N)Cc1ccccc1C(F)(F)F.Cl.Cn1nc(Cc2ccccc2C(F)(F)F)n(CC2CCCCC2)c1=O. The molecule has 0 bridgehead atoms. The van der Waals surface area contributed by atoms with Gasteiger partial charge in [-0.3, -0.25) is 9.98 Å². The maximum absolute atomic E-state index is 13.2. The highest BCUT2D eigenvalue weighted by Gasteiger charge is 2.34. The largest absolute Gasteiger partial charge is 0.481 e. The van der Waals surface area contributed by atoms with E-state index in [2.05, 4.69) is 5.10 Å². The van der Waals surface area contributed by atoms with Crippen LogP contribution in [0.4, 0.5) is 26.3 Å². The molecule has 1 aliphatic carbocycles. The second-order valence-electron chi connectivity index (χ2n) is 9.96. The summed E-state index contributed by atoms with van der Waals surface area (Å²) in [5.74, 6) is 0.640. The van der Waals surface area contributed by atoms with Crippen molar-refractivity contribution in [3.63, 3.8) is 0 Å². The zero-order valence-corrected chi connectivity index (χ0v) is 24.2. The van der Waals surface area contributed by atoms with E-state index in [0.29, 0.717) is 18.3 Å². The zero-order chi connectivity index (χ0) is 30.2. The maximum Gasteiger partial charge on any atom is 0.416 e. The summed E-state index contributed by atoms with van der Waals surface area (Å²) >= 11 is 0.